The van der Waals surface area contributed by atoms with Crippen molar-refractivity contribution in [2.45, 2.75) is 34.1 Å². The van der Waals surface area contributed by atoms with Crippen LogP contribution in [0.5, 0.6) is 0 Å². The first-order valence-corrected chi connectivity index (χ1v) is 6.35. The van der Waals surface area contributed by atoms with Gasteiger partial charge >= 0.3 is 0 Å². The van der Waals surface area contributed by atoms with Gasteiger partial charge in [0.15, 0.2) is 0 Å². The zero-order valence-electron chi connectivity index (χ0n) is 11.1. The lowest BCUT2D eigenvalue weighted by molar-refractivity contribution is 0.128. The molecule has 1 unspecified atom stereocenters. The molecule has 2 nitrogen and oxygen atoms in total. The first-order valence-electron chi connectivity index (χ1n) is 6.35. The maximum atomic E-state index is 3.53. The van der Waals surface area contributed by atoms with Crippen LogP contribution >= 0.6 is 0 Å². The molecule has 1 fully saturated rings. The minimum absolute atomic E-state index is 0.518. The molecule has 90 valence electrons. The van der Waals surface area contributed by atoms with E-state index < -0.39 is 0 Å². The fourth-order valence-electron chi connectivity index (χ4n) is 2.80. The van der Waals surface area contributed by atoms with Gasteiger partial charge in [0.2, 0.25) is 0 Å². The summed E-state index contributed by atoms with van der Waals surface area (Å²) in [6.45, 7) is 14.2. The number of hydrogen-bond acceptors (Lipinski definition) is 2. The maximum absolute atomic E-state index is 3.53. The van der Waals surface area contributed by atoms with Crippen LogP contribution < -0.4 is 5.32 Å². The van der Waals surface area contributed by atoms with Gasteiger partial charge in [-0.1, -0.05) is 27.7 Å². The van der Waals surface area contributed by atoms with Crippen molar-refractivity contribution in [2.24, 2.45) is 17.3 Å². The van der Waals surface area contributed by atoms with Crippen LogP contribution in [0.3, 0.4) is 0 Å². The van der Waals surface area contributed by atoms with E-state index in [1.165, 1.54) is 32.6 Å². The number of hydrogen-bond donors (Lipinski definition) is 1. The molecule has 1 heterocycles. The van der Waals surface area contributed by atoms with Crippen molar-refractivity contribution in [3.63, 3.8) is 0 Å². The Balaban J connectivity index is 2.51. The lowest BCUT2D eigenvalue weighted by atomic mass is 9.76. The van der Waals surface area contributed by atoms with E-state index in [4.69, 9.17) is 0 Å². The Morgan fingerprint density at radius 1 is 1.27 bits per heavy atom. The molecule has 0 amide bonds. The summed E-state index contributed by atoms with van der Waals surface area (Å²) in [5.41, 5.74) is 0.518. The van der Waals surface area contributed by atoms with Crippen LogP contribution in [-0.4, -0.2) is 38.1 Å². The Kier molecular flexibility index (Phi) is 4.60. The van der Waals surface area contributed by atoms with Crippen molar-refractivity contribution in [1.29, 1.82) is 0 Å². The molecule has 1 saturated heterocycles. The fraction of sp³-hybridized carbons (Fsp3) is 1.00. The molecule has 1 aliphatic heterocycles. The van der Waals surface area contributed by atoms with Gasteiger partial charge in [-0.05, 0) is 37.3 Å². The number of nitrogens with one attached hydrogen (secondary N) is 1. The summed E-state index contributed by atoms with van der Waals surface area (Å²) >= 11 is 0. The van der Waals surface area contributed by atoms with Crippen LogP contribution in [-0.2, 0) is 0 Å². The molecule has 0 aromatic heterocycles. The normalized spacial score (nSPS) is 27.2. The minimum atomic E-state index is 0.518. The molecule has 0 aliphatic carbocycles. The average molecular weight is 212 g/mol. The van der Waals surface area contributed by atoms with Crippen molar-refractivity contribution in [2.75, 3.05) is 33.2 Å². The molecule has 1 rings (SSSR count). The van der Waals surface area contributed by atoms with E-state index in [1.54, 1.807) is 0 Å². The highest BCUT2D eigenvalue weighted by Crippen LogP contribution is 2.34. The maximum Gasteiger partial charge on any atom is 0.00501 e. The number of rotatable bonds is 5. The van der Waals surface area contributed by atoms with Gasteiger partial charge in [0.05, 0.1) is 0 Å². The van der Waals surface area contributed by atoms with Gasteiger partial charge in [0.1, 0.15) is 0 Å². The highest BCUT2D eigenvalue weighted by atomic mass is 15.1. The standard InChI is InChI=1S/C13H28N2/c1-11(2)8-15(5)10-13(12(3)4)6-7-14-9-13/h11-12,14H,6-10H2,1-5H3. The van der Waals surface area contributed by atoms with Gasteiger partial charge in [0, 0.05) is 19.6 Å². The van der Waals surface area contributed by atoms with E-state index in [0.29, 0.717) is 5.41 Å². The molecular weight excluding hydrogens is 184 g/mol. The quantitative estimate of drug-likeness (QED) is 0.751. The van der Waals surface area contributed by atoms with Crippen molar-refractivity contribution in [3.8, 4) is 0 Å². The predicted molar refractivity (Wildman–Crippen MR) is 67.1 cm³/mol. The van der Waals surface area contributed by atoms with Gasteiger partial charge in [-0.15, -0.1) is 0 Å². The average Bonchev–Trinajstić information content (AvgIpc) is 2.52. The van der Waals surface area contributed by atoms with Crippen molar-refractivity contribution < 1.29 is 0 Å². The van der Waals surface area contributed by atoms with Crippen molar-refractivity contribution in [3.05, 3.63) is 0 Å². The van der Waals surface area contributed by atoms with Crippen LogP contribution in [0.15, 0.2) is 0 Å². The monoisotopic (exact) mass is 212 g/mol. The van der Waals surface area contributed by atoms with Crippen LogP contribution in [0.2, 0.25) is 0 Å². The van der Waals surface area contributed by atoms with E-state index in [1.807, 2.05) is 0 Å². The molecule has 0 spiro atoms. The third kappa shape index (κ3) is 3.46. The Morgan fingerprint density at radius 3 is 2.33 bits per heavy atom. The highest BCUT2D eigenvalue weighted by molar-refractivity contribution is 4.92. The molecular formula is C13H28N2. The molecule has 1 aliphatic rings. The largest absolute Gasteiger partial charge is 0.316 e. The highest BCUT2D eigenvalue weighted by Gasteiger charge is 2.37. The van der Waals surface area contributed by atoms with E-state index in [0.717, 1.165) is 11.8 Å². The lowest BCUT2D eigenvalue weighted by Crippen LogP contribution is -2.42. The summed E-state index contributed by atoms with van der Waals surface area (Å²) < 4.78 is 0. The Morgan fingerprint density at radius 2 is 1.93 bits per heavy atom. The van der Waals surface area contributed by atoms with E-state index >= 15 is 0 Å². The predicted octanol–water partition coefficient (Wildman–Crippen LogP) is 2.21. The fourth-order valence-corrected chi connectivity index (χ4v) is 2.80. The van der Waals surface area contributed by atoms with E-state index in [-0.39, 0.29) is 0 Å². The first-order chi connectivity index (χ1) is 6.96. The summed E-state index contributed by atoms with van der Waals surface area (Å²) in [6, 6.07) is 0. The van der Waals surface area contributed by atoms with Gasteiger partial charge in [-0.3, -0.25) is 0 Å². The topological polar surface area (TPSA) is 15.3 Å². The van der Waals surface area contributed by atoms with Crippen molar-refractivity contribution in [1.82, 2.24) is 10.2 Å². The molecule has 1 N–H and O–H groups in total. The first kappa shape index (κ1) is 13.0. The third-order valence-corrected chi connectivity index (χ3v) is 3.76. The summed E-state index contributed by atoms with van der Waals surface area (Å²) in [7, 11) is 2.27. The van der Waals surface area contributed by atoms with Crippen LogP contribution in [0.1, 0.15) is 34.1 Å². The zero-order chi connectivity index (χ0) is 11.5. The molecule has 0 aromatic rings. The lowest BCUT2D eigenvalue weighted by Gasteiger charge is -2.37. The smallest absolute Gasteiger partial charge is 0.00501 e. The van der Waals surface area contributed by atoms with E-state index in [2.05, 4.69) is 45.0 Å². The van der Waals surface area contributed by atoms with Gasteiger partial charge in [0.25, 0.3) is 0 Å². The second-order valence-corrected chi connectivity index (χ2v) is 6.03. The molecule has 0 bridgehead atoms. The number of nitrogens with zero attached hydrogens (tertiary/aromatic N) is 1. The summed E-state index contributed by atoms with van der Waals surface area (Å²) in [5, 5.41) is 3.53. The second kappa shape index (κ2) is 5.31. The zero-order valence-corrected chi connectivity index (χ0v) is 11.1. The van der Waals surface area contributed by atoms with Crippen LogP contribution in [0, 0.1) is 17.3 Å². The van der Waals surface area contributed by atoms with Crippen LogP contribution in [0.4, 0.5) is 0 Å². The summed E-state index contributed by atoms with van der Waals surface area (Å²) in [6.07, 6.45) is 1.34. The molecule has 15 heavy (non-hydrogen) atoms. The minimum Gasteiger partial charge on any atom is -0.316 e. The Bertz CT molecular complexity index is 181. The molecule has 2 heteroatoms. The summed E-state index contributed by atoms with van der Waals surface area (Å²) in [5.74, 6) is 1.55. The molecule has 0 saturated carbocycles. The second-order valence-electron chi connectivity index (χ2n) is 6.03. The van der Waals surface area contributed by atoms with Gasteiger partial charge in [-0.2, -0.15) is 0 Å². The van der Waals surface area contributed by atoms with Crippen LogP contribution in [0.25, 0.3) is 0 Å². The molecule has 0 radical (unpaired) electrons. The Labute approximate surface area is 95.4 Å². The summed E-state index contributed by atoms with van der Waals surface area (Å²) in [4.78, 5) is 2.51. The third-order valence-electron chi connectivity index (χ3n) is 3.76. The molecule has 0 aromatic carbocycles. The van der Waals surface area contributed by atoms with Gasteiger partial charge < -0.3 is 10.2 Å². The Hall–Kier alpha value is -0.0800. The van der Waals surface area contributed by atoms with E-state index in [9.17, 15) is 0 Å². The SMILES string of the molecule is CC(C)CN(C)CC1(C(C)C)CCNC1. The van der Waals surface area contributed by atoms with Crippen molar-refractivity contribution >= 4 is 0 Å². The van der Waals surface area contributed by atoms with Gasteiger partial charge in [-0.25, -0.2) is 0 Å². The molecule has 1 atom stereocenters.